The quantitative estimate of drug-likeness (QED) is 0.376. The van der Waals surface area contributed by atoms with Crippen LogP contribution in [0.5, 0.6) is 11.5 Å². The lowest BCUT2D eigenvalue weighted by Crippen LogP contribution is -2.38. The third-order valence-electron chi connectivity index (χ3n) is 4.94. The van der Waals surface area contributed by atoms with E-state index in [0.717, 1.165) is 62.3 Å². The van der Waals surface area contributed by atoms with E-state index in [0.29, 0.717) is 0 Å². The second-order valence-electron chi connectivity index (χ2n) is 7.10. The summed E-state index contributed by atoms with van der Waals surface area (Å²) in [6.07, 6.45) is 6.00. The molecular weight excluding hydrogens is 366 g/mol. The van der Waals surface area contributed by atoms with Crippen molar-refractivity contribution < 1.29 is 9.47 Å². The summed E-state index contributed by atoms with van der Waals surface area (Å²) in [7, 11) is 5.39. The summed E-state index contributed by atoms with van der Waals surface area (Å²) in [6, 6.07) is 4.06. The second-order valence-corrected chi connectivity index (χ2v) is 7.10. The standard InChI is InChI=1S/C22H35N5O2/c1-7-23-22(25-10-8-9-12-27-13-11-24-18(27)3)26(4)16-19-15-21(29-6)20(28-5)14-17(19)2/h11,13-15H,7-10,12,16H2,1-6H3,(H,23,25). The van der Waals surface area contributed by atoms with Gasteiger partial charge in [0.1, 0.15) is 5.82 Å². The number of unbranched alkanes of at least 4 members (excludes halogenated alkanes) is 1. The van der Waals surface area contributed by atoms with Crippen molar-refractivity contribution in [2.75, 3.05) is 34.4 Å². The average Bonchev–Trinajstić information content (AvgIpc) is 3.12. The molecule has 0 saturated carbocycles. The first-order chi connectivity index (χ1) is 14.0. The zero-order chi connectivity index (χ0) is 21.2. The third-order valence-corrected chi connectivity index (χ3v) is 4.94. The summed E-state index contributed by atoms with van der Waals surface area (Å²) < 4.78 is 13.0. The number of ether oxygens (including phenoxy) is 2. The number of aromatic nitrogens is 2. The minimum absolute atomic E-state index is 0.742. The van der Waals surface area contributed by atoms with Crippen LogP contribution in [0.15, 0.2) is 29.5 Å². The van der Waals surface area contributed by atoms with E-state index in [1.54, 1.807) is 14.2 Å². The molecule has 7 heteroatoms. The van der Waals surface area contributed by atoms with Crippen LogP contribution in [-0.4, -0.2) is 54.8 Å². The van der Waals surface area contributed by atoms with Crippen molar-refractivity contribution in [1.82, 2.24) is 19.8 Å². The fourth-order valence-electron chi connectivity index (χ4n) is 3.21. The van der Waals surface area contributed by atoms with Crippen molar-refractivity contribution in [1.29, 1.82) is 0 Å². The molecule has 0 saturated heterocycles. The van der Waals surface area contributed by atoms with Crippen LogP contribution in [0.1, 0.15) is 36.7 Å². The predicted octanol–water partition coefficient (Wildman–Crippen LogP) is 3.39. The molecule has 0 amide bonds. The van der Waals surface area contributed by atoms with Gasteiger partial charge in [0.2, 0.25) is 0 Å². The number of aryl methyl sites for hydroxylation is 3. The Hall–Kier alpha value is -2.70. The summed E-state index contributed by atoms with van der Waals surface area (Å²) >= 11 is 0. The molecule has 1 N–H and O–H groups in total. The Morgan fingerprint density at radius 3 is 2.52 bits per heavy atom. The van der Waals surface area contributed by atoms with Gasteiger partial charge in [0.05, 0.1) is 14.2 Å². The van der Waals surface area contributed by atoms with E-state index in [9.17, 15) is 0 Å². The molecule has 0 aliphatic heterocycles. The normalized spacial score (nSPS) is 11.4. The van der Waals surface area contributed by atoms with Crippen LogP contribution in [0.2, 0.25) is 0 Å². The molecule has 0 atom stereocenters. The maximum absolute atomic E-state index is 5.46. The molecular formula is C22H35N5O2. The number of methoxy groups -OCH3 is 2. The maximum atomic E-state index is 5.46. The number of rotatable bonds is 10. The van der Waals surface area contributed by atoms with Crippen LogP contribution in [0.3, 0.4) is 0 Å². The topological polar surface area (TPSA) is 63.9 Å². The molecule has 2 aromatic rings. The highest BCUT2D eigenvalue weighted by Gasteiger charge is 2.12. The average molecular weight is 402 g/mol. The fourth-order valence-corrected chi connectivity index (χ4v) is 3.21. The predicted molar refractivity (Wildman–Crippen MR) is 118 cm³/mol. The lowest BCUT2D eigenvalue weighted by atomic mass is 10.1. The van der Waals surface area contributed by atoms with Gasteiger partial charge in [0.15, 0.2) is 17.5 Å². The van der Waals surface area contributed by atoms with Gasteiger partial charge in [-0.1, -0.05) is 0 Å². The number of nitrogens with zero attached hydrogens (tertiary/aromatic N) is 4. The highest BCUT2D eigenvalue weighted by molar-refractivity contribution is 5.79. The number of benzene rings is 1. The molecule has 0 fully saturated rings. The molecule has 0 unspecified atom stereocenters. The molecule has 1 aromatic heterocycles. The van der Waals surface area contributed by atoms with Gasteiger partial charge in [-0.3, -0.25) is 4.99 Å². The first kappa shape index (κ1) is 22.6. The van der Waals surface area contributed by atoms with E-state index in [1.165, 1.54) is 11.1 Å². The largest absolute Gasteiger partial charge is 0.493 e. The number of guanidine groups is 1. The molecule has 7 nitrogen and oxygen atoms in total. The molecule has 0 spiro atoms. The Balaban J connectivity index is 1.96. The SMILES string of the molecule is CCNC(=NCCCCn1ccnc1C)N(C)Cc1cc(OC)c(OC)cc1C. The van der Waals surface area contributed by atoms with Gasteiger partial charge in [-0.2, -0.15) is 0 Å². The first-order valence-electron chi connectivity index (χ1n) is 10.2. The summed E-state index contributed by atoms with van der Waals surface area (Å²) in [4.78, 5) is 11.2. The van der Waals surface area contributed by atoms with E-state index in [2.05, 4.69) is 40.7 Å². The third kappa shape index (κ3) is 6.41. The van der Waals surface area contributed by atoms with Gasteiger partial charge in [0.25, 0.3) is 0 Å². The number of hydrogen-bond acceptors (Lipinski definition) is 4. The van der Waals surface area contributed by atoms with Crippen LogP contribution >= 0.6 is 0 Å². The fraction of sp³-hybridized carbons (Fsp3) is 0.545. The summed E-state index contributed by atoms with van der Waals surface area (Å²) in [5.41, 5.74) is 2.35. The Labute approximate surface area is 174 Å². The first-order valence-corrected chi connectivity index (χ1v) is 10.2. The van der Waals surface area contributed by atoms with Crippen LogP contribution in [-0.2, 0) is 13.1 Å². The van der Waals surface area contributed by atoms with Crippen molar-refractivity contribution >= 4 is 5.96 Å². The molecule has 0 radical (unpaired) electrons. The lowest BCUT2D eigenvalue weighted by molar-refractivity contribution is 0.353. The van der Waals surface area contributed by atoms with Crippen molar-refractivity contribution in [3.63, 3.8) is 0 Å². The Morgan fingerprint density at radius 2 is 1.90 bits per heavy atom. The summed E-state index contributed by atoms with van der Waals surface area (Å²) in [6.45, 7) is 9.57. The van der Waals surface area contributed by atoms with Gasteiger partial charge in [-0.05, 0) is 56.9 Å². The number of hydrogen-bond donors (Lipinski definition) is 1. The molecule has 160 valence electrons. The van der Waals surface area contributed by atoms with Crippen molar-refractivity contribution in [2.24, 2.45) is 4.99 Å². The maximum Gasteiger partial charge on any atom is 0.193 e. The highest BCUT2D eigenvalue weighted by Crippen LogP contribution is 2.30. The van der Waals surface area contributed by atoms with E-state index >= 15 is 0 Å². The Morgan fingerprint density at radius 1 is 1.17 bits per heavy atom. The lowest BCUT2D eigenvalue weighted by Gasteiger charge is -2.23. The Kier molecular flexibility index (Phi) is 8.83. The molecule has 0 aliphatic carbocycles. The summed E-state index contributed by atoms with van der Waals surface area (Å²) in [5, 5.41) is 3.39. The van der Waals surface area contributed by atoms with Gasteiger partial charge < -0.3 is 24.3 Å². The van der Waals surface area contributed by atoms with E-state index in [1.807, 2.05) is 31.5 Å². The zero-order valence-electron chi connectivity index (χ0n) is 18.7. The molecule has 2 rings (SSSR count). The van der Waals surface area contributed by atoms with Crippen LogP contribution in [0.25, 0.3) is 0 Å². The number of imidazole rings is 1. The number of nitrogens with one attached hydrogen (secondary N) is 1. The number of aliphatic imine (C=N–C) groups is 1. The van der Waals surface area contributed by atoms with Crippen LogP contribution < -0.4 is 14.8 Å². The van der Waals surface area contributed by atoms with Gasteiger partial charge >= 0.3 is 0 Å². The molecule has 1 aromatic carbocycles. The second kappa shape index (κ2) is 11.3. The van der Waals surface area contributed by atoms with E-state index < -0.39 is 0 Å². The molecule has 1 heterocycles. The highest BCUT2D eigenvalue weighted by atomic mass is 16.5. The monoisotopic (exact) mass is 401 g/mol. The van der Waals surface area contributed by atoms with Crippen molar-refractivity contribution in [3.05, 3.63) is 41.5 Å². The van der Waals surface area contributed by atoms with Gasteiger partial charge in [-0.25, -0.2) is 4.98 Å². The smallest absolute Gasteiger partial charge is 0.193 e. The van der Waals surface area contributed by atoms with Crippen molar-refractivity contribution in [2.45, 2.75) is 46.7 Å². The van der Waals surface area contributed by atoms with Crippen molar-refractivity contribution in [3.8, 4) is 11.5 Å². The Bertz CT molecular complexity index is 800. The van der Waals surface area contributed by atoms with E-state index in [-0.39, 0.29) is 0 Å². The minimum atomic E-state index is 0.742. The van der Waals surface area contributed by atoms with Crippen LogP contribution in [0.4, 0.5) is 0 Å². The molecule has 0 aliphatic rings. The zero-order valence-corrected chi connectivity index (χ0v) is 18.7. The van der Waals surface area contributed by atoms with Gasteiger partial charge in [0, 0.05) is 45.6 Å². The molecule has 0 bridgehead atoms. The van der Waals surface area contributed by atoms with Gasteiger partial charge in [-0.15, -0.1) is 0 Å². The molecule has 29 heavy (non-hydrogen) atoms. The minimum Gasteiger partial charge on any atom is -0.493 e. The summed E-state index contributed by atoms with van der Waals surface area (Å²) in [5.74, 6) is 3.48. The van der Waals surface area contributed by atoms with Crippen LogP contribution in [0, 0.1) is 13.8 Å². The van der Waals surface area contributed by atoms with E-state index in [4.69, 9.17) is 14.5 Å².